The minimum atomic E-state index is -0.345. The number of carbonyl (C=O) groups is 1. The number of esters is 1. The summed E-state index contributed by atoms with van der Waals surface area (Å²) in [4.78, 5) is 18.9. The van der Waals surface area contributed by atoms with E-state index in [1.807, 2.05) is 30.3 Å². The Kier molecular flexibility index (Phi) is 7.62. The smallest absolute Gasteiger partial charge is 0.337 e. The normalized spacial score (nSPS) is 16.0. The van der Waals surface area contributed by atoms with Crippen LogP contribution in [0.3, 0.4) is 0 Å². The molecule has 3 heterocycles. The van der Waals surface area contributed by atoms with Crippen LogP contribution in [0.15, 0.2) is 52.4 Å². The van der Waals surface area contributed by atoms with E-state index < -0.39 is 0 Å². The van der Waals surface area contributed by atoms with Gasteiger partial charge >= 0.3 is 5.97 Å². The molecule has 202 valence electrons. The molecule has 2 aromatic carbocycles. The minimum absolute atomic E-state index is 0.128. The van der Waals surface area contributed by atoms with E-state index in [-0.39, 0.29) is 12.1 Å². The summed E-state index contributed by atoms with van der Waals surface area (Å²) < 4.78 is 17.0. The van der Waals surface area contributed by atoms with Gasteiger partial charge in [-0.2, -0.15) is 0 Å². The third-order valence-electron chi connectivity index (χ3n) is 7.24. The van der Waals surface area contributed by atoms with Crippen LogP contribution in [-0.2, 0) is 16.1 Å². The van der Waals surface area contributed by atoms with Gasteiger partial charge in [0.1, 0.15) is 11.5 Å². The van der Waals surface area contributed by atoms with Gasteiger partial charge in [0, 0.05) is 41.1 Å². The molecule has 7 nitrogen and oxygen atoms in total. The Morgan fingerprint density at radius 1 is 1.08 bits per heavy atom. The Morgan fingerprint density at radius 3 is 2.46 bits per heavy atom. The standard InChI is InChI=1S/C29H27Cl2N3O4S/c1-36-28(35)19-9-5-17(6-10-19)24-16-39-29(32-24)34-13-11-20(12-14-34)37-15-21-26(33-38-27(21)18-7-8-18)25-22(30)3-2-4-23(25)31/h2-6,9-10,16,18,20H,7-8,11-15H2,1H3. The predicted molar refractivity (Wildman–Crippen MR) is 153 cm³/mol. The molecular weight excluding hydrogens is 557 g/mol. The Balaban J connectivity index is 1.09. The van der Waals surface area contributed by atoms with E-state index >= 15 is 0 Å². The molecule has 0 atom stereocenters. The first-order chi connectivity index (χ1) is 19.0. The fourth-order valence-corrected chi connectivity index (χ4v) is 6.37. The summed E-state index contributed by atoms with van der Waals surface area (Å²) in [6, 6.07) is 12.8. The van der Waals surface area contributed by atoms with Crippen molar-refractivity contribution in [3.05, 3.63) is 74.8 Å². The highest BCUT2D eigenvalue weighted by Crippen LogP contribution is 2.46. The fourth-order valence-electron chi connectivity index (χ4n) is 4.90. The quantitative estimate of drug-likeness (QED) is 0.197. The molecule has 2 aliphatic rings. The van der Waals surface area contributed by atoms with Crippen LogP contribution in [-0.4, -0.2) is 42.4 Å². The van der Waals surface area contributed by atoms with Crippen molar-refractivity contribution in [3.63, 3.8) is 0 Å². The number of halogens is 2. The molecular formula is C29H27Cl2N3O4S. The molecule has 2 aromatic heterocycles. The first-order valence-corrected chi connectivity index (χ1v) is 14.6. The second-order valence-corrected chi connectivity index (χ2v) is 11.5. The minimum Gasteiger partial charge on any atom is -0.465 e. The monoisotopic (exact) mass is 583 g/mol. The number of carbonyl (C=O) groups excluding carboxylic acids is 1. The van der Waals surface area contributed by atoms with Gasteiger partial charge in [-0.05, 0) is 49.9 Å². The maximum Gasteiger partial charge on any atom is 0.337 e. The number of rotatable bonds is 8. The van der Waals surface area contributed by atoms with Crippen molar-refractivity contribution in [3.8, 4) is 22.5 Å². The predicted octanol–water partition coefficient (Wildman–Crippen LogP) is 7.62. The number of benzene rings is 2. The molecule has 6 rings (SSSR count). The molecule has 0 N–H and O–H groups in total. The van der Waals surface area contributed by atoms with Crippen molar-refractivity contribution in [2.75, 3.05) is 25.1 Å². The lowest BCUT2D eigenvalue weighted by atomic mass is 10.0. The number of hydrogen-bond acceptors (Lipinski definition) is 8. The summed E-state index contributed by atoms with van der Waals surface area (Å²) in [5.41, 5.74) is 4.73. The summed E-state index contributed by atoms with van der Waals surface area (Å²) in [7, 11) is 1.38. The first kappa shape index (κ1) is 26.3. The number of thiazole rings is 1. The van der Waals surface area contributed by atoms with Crippen molar-refractivity contribution in [1.82, 2.24) is 10.1 Å². The van der Waals surface area contributed by atoms with Crippen LogP contribution in [0.4, 0.5) is 5.13 Å². The highest BCUT2D eigenvalue weighted by Gasteiger charge is 2.34. The van der Waals surface area contributed by atoms with E-state index in [9.17, 15) is 4.79 Å². The molecule has 0 radical (unpaired) electrons. The van der Waals surface area contributed by atoms with Crippen LogP contribution in [0, 0.1) is 0 Å². The highest BCUT2D eigenvalue weighted by atomic mass is 35.5. The molecule has 10 heteroatoms. The van der Waals surface area contributed by atoms with E-state index in [0.29, 0.717) is 39.4 Å². The van der Waals surface area contributed by atoms with Crippen LogP contribution in [0.1, 0.15) is 53.3 Å². The highest BCUT2D eigenvalue weighted by molar-refractivity contribution is 7.14. The third kappa shape index (κ3) is 5.57. The maximum atomic E-state index is 11.7. The number of methoxy groups -OCH3 is 1. The van der Waals surface area contributed by atoms with E-state index in [1.165, 1.54) is 7.11 Å². The van der Waals surface area contributed by atoms with Crippen LogP contribution in [0.5, 0.6) is 0 Å². The van der Waals surface area contributed by atoms with E-state index in [4.69, 9.17) is 42.2 Å². The van der Waals surface area contributed by atoms with Gasteiger partial charge in [0.2, 0.25) is 0 Å². The lowest BCUT2D eigenvalue weighted by Gasteiger charge is -2.31. The molecule has 4 aromatic rings. The van der Waals surface area contributed by atoms with Gasteiger partial charge in [0.05, 0.1) is 41.1 Å². The Bertz CT molecular complexity index is 1450. The van der Waals surface area contributed by atoms with Gasteiger partial charge in [0.15, 0.2) is 5.13 Å². The van der Waals surface area contributed by atoms with Crippen LogP contribution < -0.4 is 4.90 Å². The van der Waals surface area contributed by atoms with Crippen LogP contribution >= 0.6 is 34.5 Å². The molecule has 2 fully saturated rings. The molecule has 0 spiro atoms. The summed E-state index contributed by atoms with van der Waals surface area (Å²) in [5, 5.41) is 8.51. The number of anilines is 1. The molecule has 0 amide bonds. The van der Waals surface area contributed by atoms with Gasteiger partial charge in [-0.15, -0.1) is 11.3 Å². The first-order valence-electron chi connectivity index (χ1n) is 13.0. The molecule has 1 aliphatic carbocycles. The molecule has 1 saturated heterocycles. The number of nitrogens with zero attached hydrogens (tertiary/aromatic N) is 3. The topological polar surface area (TPSA) is 77.7 Å². The van der Waals surface area contributed by atoms with E-state index in [1.54, 1.807) is 23.5 Å². The van der Waals surface area contributed by atoms with Gasteiger partial charge in [-0.25, -0.2) is 9.78 Å². The van der Waals surface area contributed by atoms with Gasteiger partial charge in [-0.1, -0.05) is 46.6 Å². The molecule has 1 aliphatic heterocycles. The second kappa shape index (κ2) is 11.3. The summed E-state index contributed by atoms with van der Waals surface area (Å²) in [6.07, 6.45) is 4.12. The molecule has 1 saturated carbocycles. The maximum absolute atomic E-state index is 11.7. The zero-order chi connectivity index (χ0) is 26.9. The summed E-state index contributed by atoms with van der Waals surface area (Å²) in [5.74, 6) is 0.944. The average molecular weight is 585 g/mol. The molecule has 0 unspecified atom stereocenters. The van der Waals surface area contributed by atoms with Gasteiger partial charge < -0.3 is 18.9 Å². The van der Waals surface area contributed by atoms with Crippen molar-refractivity contribution < 1.29 is 18.8 Å². The third-order valence-corrected chi connectivity index (χ3v) is 8.77. The van der Waals surface area contributed by atoms with Crippen LogP contribution in [0.2, 0.25) is 10.0 Å². The Labute approximate surface area is 240 Å². The molecule has 0 bridgehead atoms. The Hall–Kier alpha value is -2.91. The second-order valence-electron chi connectivity index (χ2n) is 9.83. The van der Waals surface area contributed by atoms with Crippen molar-refractivity contribution in [2.24, 2.45) is 0 Å². The van der Waals surface area contributed by atoms with E-state index in [2.05, 4.69) is 15.4 Å². The number of aromatic nitrogens is 2. The summed E-state index contributed by atoms with van der Waals surface area (Å²) >= 11 is 14.6. The lowest BCUT2D eigenvalue weighted by Crippen LogP contribution is -2.37. The number of hydrogen-bond donors (Lipinski definition) is 0. The fraction of sp³-hybridized carbons (Fsp3) is 0.345. The van der Waals surface area contributed by atoms with Gasteiger partial charge in [-0.3, -0.25) is 0 Å². The molecule has 39 heavy (non-hydrogen) atoms. The zero-order valence-corrected chi connectivity index (χ0v) is 23.7. The zero-order valence-electron chi connectivity index (χ0n) is 21.4. The van der Waals surface area contributed by atoms with E-state index in [0.717, 1.165) is 66.5 Å². The van der Waals surface area contributed by atoms with Crippen molar-refractivity contribution in [1.29, 1.82) is 0 Å². The van der Waals surface area contributed by atoms with Crippen LogP contribution in [0.25, 0.3) is 22.5 Å². The van der Waals surface area contributed by atoms with Crippen molar-refractivity contribution >= 4 is 45.6 Å². The lowest BCUT2D eigenvalue weighted by molar-refractivity contribution is 0.0246. The largest absolute Gasteiger partial charge is 0.465 e. The van der Waals surface area contributed by atoms with Gasteiger partial charge in [0.25, 0.3) is 0 Å². The Morgan fingerprint density at radius 2 is 1.79 bits per heavy atom. The average Bonchev–Trinajstić information content (AvgIpc) is 3.53. The number of ether oxygens (including phenoxy) is 2. The SMILES string of the molecule is COC(=O)c1ccc(-c2csc(N3CCC(OCc4c(-c5c(Cl)cccc5Cl)noc4C4CC4)CC3)n2)cc1. The number of piperidine rings is 1. The van der Waals surface area contributed by atoms with Crippen molar-refractivity contribution in [2.45, 2.75) is 44.3 Å². The summed E-state index contributed by atoms with van der Waals surface area (Å²) in [6.45, 7) is 2.14.